The lowest BCUT2D eigenvalue weighted by atomic mass is 10.1. The van der Waals surface area contributed by atoms with Crippen LogP contribution in [0, 0.1) is 0 Å². The van der Waals surface area contributed by atoms with Crippen molar-refractivity contribution in [3.05, 3.63) is 0 Å². The average Bonchev–Trinajstić information content (AvgIpc) is 2.87. The maximum atomic E-state index is 11.9. The van der Waals surface area contributed by atoms with Crippen LogP contribution in [0.1, 0.15) is 52.9 Å². The van der Waals surface area contributed by atoms with Crippen molar-refractivity contribution in [2.24, 2.45) is 0 Å². The van der Waals surface area contributed by atoms with Gasteiger partial charge in [0.25, 0.3) is 0 Å². The standard InChI is InChI=1S/C15H30N2O2/c1-5-19-15(18)14(16-12(2)3)10-11-17(4)13-8-6-7-9-13/h12-14,16H,5-11H2,1-4H3. The highest BCUT2D eigenvalue weighted by Gasteiger charge is 2.24. The van der Waals surface area contributed by atoms with E-state index in [-0.39, 0.29) is 12.0 Å². The van der Waals surface area contributed by atoms with E-state index in [1.165, 1.54) is 25.7 Å². The molecule has 1 unspecified atom stereocenters. The molecule has 1 fully saturated rings. The summed E-state index contributed by atoms with van der Waals surface area (Å²) >= 11 is 0. The zero-order chi connectivity index (χ0) is 14.3. The van der Waals surface area contributed by atoms with Crippen molar-refractivity contribution in [1.82, 2.24) is 10.2 Å². The van der Waals surface area contributed by atoms with Gasteiger partial charge >= 0.3 is 5.97 Å². The fraction of sp³-hybridized carbons (Fsp3) is 0.933. The van der Waals surface area contributed by atoms with Crippen LogP contribution in [0.15, 0.2) is 0 Å². The summed E-state index contributed by atoms with van der Waals surface area (Å²) in [6, 6.07) is 0.830. The van der Waals surface area contributed by atoms with Gasteiger partial charge in [-0.1, -0.05) is 26.7 Å². The Morgan fingerprint density at radius 1 is 1.37 bits per heavy atom. The Balaban J connectivity index is 2.40. The highest BCUT2D eigenvalue weighted by molar-refractivity contribution is 5.75. The second kappa shape index (κ2) is 8.54. The third kappa shape index (κ3) is 5.91. The minimum absolute atomic E-state index is 0.115. The van der Waals surface area contributed by atoms with E-state index in [1.54, 1.807) is 0 Å². The van der Waals surface area contributed by atoms with E-state index in [2.05, 4.69) is 31.1 Å². The van der Waals surface area contributed by atoms with Crippen LogP contribution in [0.5, 0.6) is 0 Å². The third-order valence-electron chi connectivity index (χ3n) is 3.82. The predicted octanol–water partition coefficient (Wildman–Crippen LogP) is 2.18. The summed E-state index contributed by atoms with van der Waals surface area (Å²) in [6.07, 6.45) is 6.13. The van der Waals surface area contributed by atoms with E-state index in [4.69, 9.17) is 4.74 Å². The van der Waals surface area contributed by atoms with Gasteiger partial charge in [-0.3, -0.25) is 4.79 Å². The smallest absolute Gasteiger partial charge is 0.323 e. The van der Waals surface area contributed by atoms with Crippen molar-refractivity contribution in [2.75, 3.05) is 20.2 Å². The molecule has 0 heterocycles. The third-order valence-corrected chi connectivity index (χ3v) is 3.82. The Morgan fingerprint density at radius 3 is 2.53 bits per heavy atom. The topological polar surface area (TPSA) is 41.6 Å². The monoisotopic (exact) mass is 270 g/mol. The van der Waals surface area contributed by atoms with Crippen molar-refractivity contribution in [1.29, 1.82) is 0 Å². The fourth-order valence-corrected chi connectivity index (χ4v) is 2.77. The summed E-state index contributed by atoms with van der Waals surface area (Å²) in [5, 5.41) is 3.31. The molecule has 0 radical (unpaired) electrons. The number of nitrogens with zero attached hydrogens (tertiary/aromatic N) is 1. The molecular weight excluding hydrogens is 240 g/mol. The molecule has 0 aromatic carbocycles. The molecule has 1 aliphatic carbocycles. The summed E-state index contributed by atoms with van der Waals surface area (Å²) in [7, 11) is 2.17. The molecule has 0 aromatic rings. The van der Waals surface area contributed by atoms with Gasteiger partial charge in [0.1, 0.15) is 6.04 Å². The highest BCUT2D eigenvalue weighted by Crippen LogP contribution is 2.22. The molecule has 0 spiro atoms. The van der Waals surface area contributed by atoms with Gasteiger partial charge in [0.2, 0.25) is 0 Å². The van der Waals surface area contributed by atoms with Crippen LogP contribution in [-0.4, -0.2) is 49.2 Å². The quantitative estimate of drug-likeness (QED) is 0.686. The summed E-state index contributed by atoms with van der Waals surface area (Å²) in [5.41, 5.74) is 0. The molecular formula is C15H30N2O2. The number of nitrogens with one attached hydrogen (secondary N) is 1. The number of carbonyl (C=O) groups is 1. The fourth-order valence-electron chi connectivity index (χ4n) is 2.77. The van der Waals surface area contributed by atoms with Crippen LogP contribution in [0.3, 0.4) is 0 Å². The Kier molecular flexibility index (Phi) is 7.39. The van der Waals surface area contributed by atoms with Crippen LogP contribution < -0.4 is 5.32 Å². The number of hydrogen-bond donors (Lipinski definition) is 1. The van der Waals surface area contributed by atoms with Crippen LogP contribution >= 0.6 is 0 Å². The first-order chi connectivity index (χ1) is 9.04. The maximum Gasteiger partial charge on any atom is 0.323 e. The van der Waals surface area contributed by atoms with Gasteiger partial charge in [-0.15, -0.1) is 0 Å². The van der Waals surface area contributed by atoms with E-state index < -0.39 is 0 Å². The molecule has 0 saturated heterocycles. The Bertz CT molecular complexity index is 263. The van der Waals surface area contributed by atoms with Crippen molar-refractivity contribution in [3.63, 3.8) is 0 Å². The summed E-state index contributed by atoms with van der Waals surface area (Å²) in [5.74, 6) is -0.115. The zero-order valence-electron chi connectivity index (χ0n) is 12.9. The zero-order valence-corrected chi connectivity index (χ0v) is 12.9. The van der Waals surface area contributed by atoms with E-state index in [0.29, 0.717) is 18.7 Å². The van der Waals surface area contributed by atoms with Gasteiger partial charge < -0.3 is 15.0 Å². The largest absolute Gasteiger partial charge is 0.465 e. The van der Waals surface area contributed by atoms with Crippen molar-refractivity contribution >= 4 is 5.97 Å². The molecule has 0 bridgehead atoms. The first-order valence-electron chi connectivity index (χ1n) is 7.67. The Labute approximate surface area is 117 Å². The molecule has 0 aromatic heterocycles. The second-order valence-electron chi connectivity index (χ2n) is 5.83. The lowest BCUT2D eigenvalue weighted by molar-refractivity contribution is -0.146. The van der Waals surface area contributed by atoms with Gasteiger partial charge in [0, 0.05) is 18.6 Å². The van der Waals surface area contributed by atoms with Crippen LogP contribution in [0.4, 0.5) is 0 Å². The van der Waals surface area contributed by atoms with Crippen LogP contribution in [-0.2, 0) is 9.53 Å². The molecule has 1 N–H and O–H groups in total. The highest BCUT2D eigenvalue weighted by atomic mass is 16.5. The normalized spacial score (nSPS) is 18.2. The molecule has 1 saturated carbocycles. The molecule has 0 aliphatic heterocycles. The predicted molar refractivity (Wildman–Crippen MR) is 78.2 cm³/mol. The molecule has 1 atom stereocenters. The van der Waals surface area contributed by atoms with E-state index in [1.807, 2.05) is 6.92 Å². The maximum absolute atomic E-state index is 11.9. The van der Waals surface area contributed by atoms with Gasteiger partial charge in [-0.05, 0) is 33.2 Å². The molecule has 0 amide bonds. The van der Waals surface area contributed by atoms with Crippen LogP contribution in [0.25, 0.3) is 0 Å². The Morgan fingerprint density at radius 2 is 2.00 bits per heavy atom. The molecule has 4 nitrogen and oxygen atoms in total. The van der Waals surface area contributed by atoms with Gasteiger partial charge in [-0.25, -0.2) is 0 Å². The molecule has 1 rings (SSSR count). The van der Waals surface area contributed by atoms with Crippen LogP contribution in [0.2, 0.25) is 0 Å². The Hall–Kier alpha value is -0.610. The lowest BCUT2D eigenvalue weighted by Crippen LogP contribution is -2.44. The summed E-state index contributed by atoms with van der Waals surface area (Å²) in [4.78, 5) is 14.3. The lowest BCUT2D eigenvalue weighted by Gasteiger charge is -2.27. The van der Waals surface area contributed by atoms with Crippen molar-refractivity contribution in [3.8, 4) is 0 Å². The van der Waals surface area contributed by atoms with Crippen molar-refractivity contribution < 1.29 is 9.53 Å². The number of hydrogen-bond acceptors (Lipinski definition) is 4. The summed E-state index contributed by atoms with van der Waals surface area (Å²) in [6.45, 7) is 7.39. The second-order valence-corrected chi connectivity index (χ2v) is 5.83. The average molecular weight is 270 g/mol. The molecule has 112 valence electrons. The van der Waals surface area contributed by atoms with E-state index in [9.17, 15) is 4.79 Å². The van der Waals surface area contributed by atoms with E-state index in [0.717, 1.165) is 13.0 Å². The molecule has 19 heavy (non-hydrogen) atoms. The van der Waals surface area contributed by atoms with Gasteiger partial charge in [0.05, 0.1) is 6.61 Å². The molecule has 4 heteroatoms. The van der Waals surface area contributed by atoms with Gasteiger partial charge in [-0.2, -0.15) is 0 Å². The minimum Gasteiger partial charge on any atom is -0.465 e. The first kappa shape index (κ1) is 16.4. The van der Waals surface area contributed by atoms with Gasteiger partial charge in [0.15, 0.2) is 0 Å². The number of ether oxygens (including phenoxy) is 1. The minimum atomic E-state index is -0.177. The van der Waals surface area contributed by atoms with Crippen molar-refractivity contribution in [2.45, 2.75) is 71.0 Å². The molecule has 1 aliphatic rings. The van der Waals surface area contributed by atoms with E-state index >= 15 is 0 Å². The number of carbonyl (C=O) groups excluding carboxylic acids is 1. The number of esters is 1. The number of rotatable bonds is 8. The first-order valence-corrected chi connectivity index (χ1v) is 7.67. The SMILES string of the molecule is CCOC(=O)C(CCN(C)C1CCCC1)NC(C)C. The summed E-state index contributed by atoms with van der Waals surface area (Å²) < 4.78 is 5.14.